The Kier molecular flexibility index (Phi) is 16.7. The summed E-state index contributed by atoms with van der Waals surface area (Å²) < 4.78 is 16.4. The van der Waals surface area contributed by atoms with Crippen molar-refractivity contribution in [1.82, 2.24) is 10.9 Å². The maximum atomic E-state index is 13.0. The zero-order valence-corrected chi connectivity index (χ0v) is 30.2. The first kappa shape index (κ1) is 41.6. The van der Waals surface area contributed by atoms with Gasteiger partial charge in [-0.05, 0) is 18.2 Å². The Bertz CT molecular complexity index is 1170. The highest BCUT2D eigenvalue weighted by molar-refractivity contribution is 6.69. The highest BCUT2D eigenvalue weighted by atomic mass is 35.6. The molecule has 0 heterocycles. The number of amides is 4. The number of halogens is 12. The zero-order chi connectivity index (χ0) is 34.1. The van der Waals surface area contributed by atoms with Crippen molar-refractivity contribution in [2.75, 3.05) is 43.6 Å². The minimum Gasteiger partial charge on any atom is -0.494 e. The molecule has 0 radical (unpaired) electrons. The molecule has 0 atom stereocenters. The lowest BCUT2D eigenvalue weighted by molar-refractivity contribution is 0.134. The molecule has 0 fully saturated rings. The number of hydrogen-bond donors (Lipinski definition) is 2. The molecule has 0 spiro atoms. The van der Waals surface area contributed by atoms with Crippen LogP contribution >= 0.6 is 139 Å². The summed E-state index contributed by atoms with van der Waals surface area (Å²) in [6.07, 6.45) is -5.45. The van der Waals surface area contributed by atoms with Crippen molar-refractivity contribution in [1.29, 1.82) is 0 Å². The number of ether oxygens (including phenoxy) is 5. The number of methoxy groups -OCH3 is 1. The number of hydrazine groups is 2. The molecule has 2 N–H and O–H groups in total. The largest absolute Gasteiger partial charge is 0.494 e. The van der Waals surface area contributed by atoms with Crippen LogP contribution in [0.3, 0.4) is 0 Å². The Morgan fingerprint density at radius 3 is 1.36 bits per heavy atom. The fourth-order valence-electron chi connectivity index (χ4n) is 2.37. The molecular weight excluding hydrogens is 854 g/mol. The van der Waals surface area contributed by atoms with Crippen LogP contribution in [-0.2, 0) is 18.9 Å². The SMILES string of the molecule is COc1ccc(N(NC(=O)OCC(Cl)(Cl)Cl)C(=O)OCC(Cl)(Cl)Cl)cc1N(NC(=O)OCC(Cl)(Cl)Cl)C(=O)OCC(Cl)(Cl)Cl. The highest BCUT2D eigenvalue weighted by Crippen LogP contribution is 2.34. The number of anilines is 2. The van der Waals surface area contributed by atoms with Crippen molar-refractivity contribution in [3.8, 4) is 5.75 Å². The van der Waals surface area contributed by atoms with Crippen molar-refractivity contribution in [3.63, 3.8) is 0 Å². The van der Waals surface area contributed by atoms with Gasteiger partial charge in [0.2, 0.25) is 15.2 Å². The monoisotopic (exact) mass is 864 g/mol. The lowest BCUT2D eigenvalue weighted by Gasteiger charge is -2.28. The Balaban J connectivity index is 3.59. The number of rotatable bonds is 7. The molecule has 13 nitrogen and oxygen atoms in total. The highest BCUT2D eigenvalue weighted by Gasteiger charge is 2.32. The maximum absolute atomic E-state index is 13.0. The Labute approximate surface area is 309 Å². The standard InChI is InChI=1S/C19H16Cl12N4O9/c1-40-11-3-2-9(34(14(38)43-7-18(26,27)28)32-12(36)41-5-16(20,21)22)4-10(11)35(15(39)44-8-19(29,30)31)33-13(37)42-6-17(23,24)25/h2-4H,5-8H2,1H3,(H,32,36)(H,33,37). The van der Waals surface area contributed by atoms with Gasteiger partial charge in [-0.25, -0.2) is 30.0 Å². The summed E-state index contributed by atoms with van der Waals surface area (Å²) >= 11 is 67.3. The summed E-state index contributed by atoms with van der Waals surface area (Å²) in [4.78, 5) is 50.9. The fourth-order valence-corrected chi connectivity index (χ4v) is 3.02. The number of carbonyl (C=O) groups is 4. The average Bonchev–Trinajstić information content (AvgIpc) is 2.87. The molecule has 0 aliphatic heterocycles. The van der Waals surface area contributed by atoms with E-state index in [2.05, 4.69) is 0 Å². The number of benzene rings is 1. The third-order valence-corrected chi connectivity index (χ3v) is 5.19. The van der Waals surface area contributed by atoms with Crippen molar-refractivity contribution in [2.45, 2.75) is 15.2 Å². The molecule has 0 unspecified atom stereocenters. The van der Waals surface area contributed by atoms with Gasteiger partial charge in [-0.2, -0.15) is 10.0 Å². The van der Waals surface area contributed by atoms with Crippen LogP contribution in [0.1, 0.15) is 0 Å². The molecule has 0 saturated carbocycles. The molecule has 0 saturated heterocycles. The molecule has 0 aromatic heterocycles. The third-order valence-electron chi connectivity index (χ3n) is 3.89. The van der Waals surface area contributed by atoms with Gasteiger partial charge in [0, 0.05) is 0 Å². The third kappa shape index (κ3) is 17.5. The summed E-state index contributed by atoms with van der Waals surface area (Å²) in [7, 11) is 1.17. The van der Waals surface area contributed by atoms with Gasteiger partial charge in [0.15, 0.2) is 0 Å². The second kappa shape index (κ2) is 17.7. The number of hydrogen-bond acceptors (Lipinski definition) is 9. The molecule has 25 heteroatoms. The van der Waals surface area contributed by atoms with E-state index < -0.39 is 66.0 Å². The minimum atomic E-state index is -2.08. The van der Waals surface area contributed by atoms with E-state index in [1.165, 1.54) is 13.2 Å². The average molecular weight is 870 g/mol. The number of nitrogens with zero attached hydrogens (tertiary/aromatic N) is 2. The number of nitrogens with one attached hydrogen (secondary N) is 2. The lowest BCUT2D eigenvalue weighted by atomic mass is 10.2. The van der Waals surface area contributed by atoms with Crippen LogP contribution in [-0.4, -0.2) is 73.1 Å². The summed E-state index contributed by atoms with van der Waals surface area (Å²) in [5, 5.41) is 0.817. The molecule has 1 aromatic carbocycles. The van der Waals surface area contributed by atoms with Gasteiger partial charge in [-0.3, -0.25) is 0 Å². The van der Waals surface area contributed by atoms with Gasteiger partial charge >= 0.3 is 24.4 Å². The van der Waals surface area contributed by atoms with Crippen LogP contribution in [0.2, 0.25) is 0 Å². The Morgan fingerprint density at radius 1 is 0.614 bits per heavy atom. The van der Waals surface area contributed by atoms with Gasteiger partial charge < -0.3 is 23.7 Å². The van der Waals surface area contributed by atoms with E-state index in [4.69, 9.17) is 163 Å². The first-order valence-electron chi connectivity index (χ1n) is 10.7. The normalized spacial score (nSPS) is 12.0. The first-order chi connectivity index (χ1) is 19.9. The van der Waals surface area contributed by atoms with Crippen molar-refractivity contribution < 1.29 is 42.9 Å². The molecule has 4 amide bonds. The van der Waals surface area contributed by atoms with Crippen LogP contribution in [0.25, 0.3) is 0 Å². The summed E-state index contributed by atoms with van der Waals surface area (Å²) in [5.41, 5.74) is 3.31. The van der Waals surface area contributed by atoms with Gasteiger partial charge in [0.1, 0.15) is 37.9 Å². The van der Waals surface area contributed by atoms with Crippen LogP contribution in [0, 0.1) is 0 Å². The summed E-state index contributed by atoms with van der Waals surface area (Å²) in [6.45, 7) is -3.13. The van der Waals surface area contributed by atoms with E-state index >= 15 is 0 Å². The summed E-state index contributed by atoms with van der Waals surface area (Å²) in [6, 6.07) is 3.31. The molecule has 1 rings (SSSR count). The van der Waals surface area contributed by atoms with Crippen molar-refractivity contribution >= 4 is 175 Å². The smallest absolute Gasteiger partial charge is 0.433 e. The first-order valence-corrected chi connectivity index (χ1v) is 15.2. The van der Waals surface area contributed by atoms with Gasteiger partial charge in [-0.1, -0.05) is 139 Å². The van der Waals surface area contributed by atoms with Crippen LogP contribution in [0.4, 0.5) is 30.6 Å². The predicted octanol–water partition coefficient (Wildman–Crippen LogP) is 8.34. The van der Waals surface area contributed by atoms with E-state index in [9.17, 15) is 19.2 Å². The lowest BCUT2D eigenvalue weighted by Crippen LogP contribution is -2.49. The van der Waals surface area contributed by atoms with Crippen LogP contribution in [0.5, 0.6) is 5.75 Å². The number of carbonyl (C=O) groups excluding carboxylic acids is 4. The molecule has 250 valence electrons. The van der Waals surface area contributed by atoms with E-state index in [1.54, 1.807) is 0 Å². The molecule has 0 bridgehead atoms. The van der Waals surface area contributed by atoms with Crippen LogP contribution in [0.15, 0.2) is 18.2 Å². The minimum absolute atomic E-state index is 0.158. The maximum Gasteiger partial charge on any atom is 0.433 e. The molecule has 0 aliphatic carbocycles. The van der Waals surface area contributed by atoms with E-state index in [-0.39, 0.29) is 17.1 Å². The predicted molar refractivity (Wildman–Crippen MR) is 171 cm³/mol. The molecule has 0 aliphatic rings. The Hall–Kier alpha value is -0.420. The topological polar surface area (TPSA) is 145 Å². The van der Waals surface area contributed by atoms with E-state index in [0.29, 0.717) is 10.0 Å². The second-order valence-corrected chi connectivity index (χ2v) is 17.5. The number of alkyl halides is 12. The quantitative estimate of drug-likeness (QED) is 0.157. The Morgan fingerprint density at radius 2 is 0.977 bits per heavy atom. The molecule has 44 heavy (non-hydrogen) atoms. The fraction of sp³-hybridized carbons (Fsp3) is 0.474. The summed E-state index contributed by atoms with van der Waals surface area (Å²) in [5.74, 6) is -0.158. The second-order valence-electron chi connectivity index (χ2n) is 7.47. The van der Waals surface area contributed by atoms with Gasteiger partial charge in [0.05, 0.1) is 12.8 Å². The van der Waals surface area contributed by atoms with Gasteiger partial charge in [-0.15, -0.1) is 0 Å². The van der Waals surface area contributed by atoms with E-state index in [1.807, 2.05) is 10.9 Å². The zero-order valence-electron chi connectivity index (χ0n) is 21.2. The molecular formula is C19H16Cl12N4O9. The van der Waals surface area contributed by atoms with Crippen molar-refractivity contribution in [3.05, 3.63) is 18.2 Å². The van der Waals surface area contributed by atoms with Gasteiger partial charge in [0.25, 0.3) is 0 Å². The molecule has 1 aromatic rings. The van der Waals surface area contributed by atoms with Crippen LogP contribution < -0.4 is 25.6 Å². The van der Waals surface area contributed by atoms with E-state index in [0.717, 1.165) is 12.1 Å². The van der Waals surface area contributed by atoms with Crippen molar-refractivity contribution in [2.24, 2.45) is 0 Å².